The molecule has 0 spiro atoms. The smallest absolute Gasteiger partial charge is 0.222 e. The minimum atomic E-state index is 0.309. The highest BCUT2D eigenvalue weighted by molar-refractivity contribution is 6.08. The van der Waals surface area contributed by atoms with Gasteiger partial charge in [0.2, 0.25) is 5.91 Å². The number of hydrogen-bond donors (Lipinski definition) is 0. The van der Waals surface area contributed by atoms with Gasteiger partial charge in [-0.2, -0.15) is 0 Å². The van der Waals surface area contributed by atoms with Crippen LogP contribution < -0.4 is 0 Å². The van der Waals surface area contributed by atoms with Gasteiger partial charge in [-0.05, 0) is 62.4 Å². The van der Waals surface area contributed by atoms with E-state index in [0.717, 1.165) is 45.7 Å². The van der Waals surface area contributed by atoms with E-state index in [-0.39, 0.29) is 0 Å². The van der Waals surface area contributed by atoms with Crippen LogP contribution in [0.2, 0.25) is 0 Å². The molecule has 0 saturated carbocycles. The highest BCUT2D eigenvalue weighted by atomic mass is 16.5. The number of nitrogens with zero attached hydrogens (tertiary/aromatic N) is 3. The molecular weight excluding hydrogens is 398 g/mol. The van der Waals surface area contributed by atoms with Gasteiger partial charge in [0.1, 0.15) is 0 Å². The number of amides is 1. The first kappa shape index (κ1) is 21.5. The standard InChI is InChI=1S/C27H35N3O2/c1-2-30-25-8-4-3-7-23(25)24-18-22(9-11-26(24)30)20-28-13-5-6-21(19-28)10-12-27(31)29-14-16-32-17-15-29/h3-4,7-9,11,18,21H,2,5-6,10,12-17,19-20H2,1H3/t21-/m1/s1. The summed E-state index contributed by atoms with van der Waals surface area (Å²) < 4.78 is 7.78. The fourth-order valence-electron chi connectivity index (χ4n) is 5.63. The summed E-state index contributed by atoms with van der Waals surface area (Å²) >= 11 is 0. The van der Waals surface area contributed by atoms with Crippen molar-refractivity contribution in [2.45, 2.75) is 45.7 Å². The number of ether oxygens (including phenoxy) is 1. The first-order valence-corrected chi connectivity index (χ1v) is 12.3. The predicted molar refractivity (Wildman–Crippen MR) is 130 cm³/mol. The normalized spacial score (nSPS) is 20.3. The number of likely N-dealkylation sites (tertiary alicyclic amines) is 1. The molecule has 2 aromatic carbocycles. The molecule has 32 heavy (non-hydrogen) atoms. The average Bonchev–Trinajstić information content (AvgIpc) is 3.16. The molecular formula is C27H35N3O2. The number of fused-ring (bicyclic) bond motifs is 3. The minimum Gasteiger partial charge on any atom is -0.378 e. The lowest BCUT2D eigenvalue weighted by atomic mass is 9.92. The van der Waals surface area contributed by atoms with Gasteiger partial charge in [-0.3, -0.25) is 9.69 Å². The van der Waals surface area contributed by atoms with Crippen LogP contribution in [0.1, 0.15) is 38.2 Å². The van der Waals surface area contributed by atoms with E-state index in [1.54, 1.807) is 0 Å². The van der Waals surface area contributed by atoms with E-state index >= 15 is 0 Å². The van der Waals surface area contributed by atoms with Gasteiger partial charge in [-0.25, -0.2) is 0 Å². The number of piperidine rings is 1. The maximum Gasteiger partial charge on any atom is 0.222 e. The fourth-order valence-corrected chi connectivity index (χ4v) is 5.63. The van der Waals surface area contributed by atoms with Crippen LogP contribution in [0.5, 0.6) is 0 Å². The molecule has 0 unspecified atom stereocenters. The van der Waals surface area contributed by atoms with Crippen molar-refractivity contribution in [2.75, 3.05) is 39.4 Å². The second-order valence-corrected chi connectivity index (χ2v) is 9.39. The Morgan fingerprint density at radius 1 is 1.03 bits per heavy atom. The summed E-state index contributed by atoms with van der Waals surface area (Å²) in [7, 11) is 0. The second-order valence-electron chi connectivity index (χ2n) is 9.39. The number of carbonyl (C=O) groups excluding carboxylic acids is 1. The molecule has 0 radical (unpaired) electrons. The molecule has 2 saturated heterocycles. The third kappa shape index (κ3) is 4.41. The monoisotopic (exact) mass is 433 g/mol. The Kier molecular flexibility index (Phi) is 6.47. The Labute approximate surface area is 190 Å². The van der Waals surface area contributed by atoms with Gasteiger partial charge < -0.3 is 14.2 Å². The van der Waals surface area contributed by atoms with E-state index in [4.69, 9.17) is 4.74 Å². The van der Waals surface area contributed by atoms with E-state index in [1.165, 1.54) is 40.2 Å². The predicted octanol–water partition coefficient (Wildman–Crippen LogP) is 4.67. The third-order valence-electron chi connectivity index (χ3n) is 7.29. The van der Waals surface area contributed by atoms with Crippen molar-refractivity contribution in [1.82, 2.24) is 14.4 Å². The molecule has 5 nitrogen and oxygen atoms in total. The van der Waals surface area contributed by atoms with E-state index in [1.807, 2.05) is 4.90 Å². The maximum atomic E-state index is 12.5. The molecule has 5 heteroatoms. The van der Waals surface area contributed by atoms with Crippen LogP contribution in [-0.4, -0.2) is 59.7 Å². The summed E-state index contributed by atoms with van der Waals surface area (Å²) in [6.45, 7) is 9.34. The molecule has 0 N–H and O–H groups in total. The second kappa shape index (κ2) is 9.63. The lowest BCUT2D eigenvalue weighted by Gasteiger charge is -2.33. The minimum absolute atomic E-state index is 0.309. The molecule has 2 fully saturated rings. The first-order valence-electron chi connectivity index (χ1n) is 12.3. The van der Waals surface area contributed by atoms with Gasteiger partial charge in [0.05, 0.1) is 13.2 Å². The molecule has 2 aliphatic heterocycles. The lowest BCUT2D eigenvalue weighted by molar-refractivity contribution is -0.135. The maximum absolute atomic E-state index is 12.5. The van der Waals surface area contributed by atoms with Crippen LogP contribution in [0.25, 0.3) is 21.8 Å². The van der Waals surface area contributed by atoms with Gasteiger partial charge in [0, 0.05) is 61.0 Å². The van der Waals surface area contributed by atoms with Gasteiger partial charge in [0.25, 0.3) is 0 Å². The van der Waals surface area contributed by atoms with Gasteiger partial charge in [-0.15, -0.1) is 0 Å². The summed E-state index contributed by atoms with van der Waals surface area (Å²) in [5.41, 5.74) is 4.04. The molecule has 0 bridgehead atoms. The Bertz CT molecular complexity index is 1080. The molecule has 3 heterocycles. The van der Waals surface area contributed by atoms with Crippen molar-refractivity contribution in [3.05, 3.63) is 48.0 Å². The van der Waals surface area contributed by atoms with Gasteiger partial charge in [0.15, 0.2) is 0 Å². The highest BCUT2D eigenvalue weighted by Crippen LogP contribution is 2.30. The number of benzene rings is 2. The highest BCUT2D eigenvalue weighted by Gasteiger charge is 2.23. The third-order valence-corrected chi connectivity index (χ3v) is 7.29. The Balaban J connectivity index is 1.24. The molecule has 2 aliphatic rings. The number of para-hydroxylation sites is 1. The van der Waals surface area contributed by atoms with Crippen molar-refractivity contribution in [2.24, 2.45) is 5.92 Å². The van der Waals surface area contributed by atoms with Crippen molar-refractivity contribution < 1.29 is 9.53 Å². The summed E-state index contributed by atoms with van der Waals surface area (Å²) in [5, 5.41) is 2.72. The van der Waals surface area contributed by atoms with Crippen LogP contribution in [0.3, 0.4) is 0 Å². The van der Waals surface area contributed by atoms with Crippen LogP contribution in [0.15, 0.2) is 42.5 Å². The number of aryl methyl sites for hydroxylation is 1. The number of morpholine rings is 1. The Morgan fingerprint density at radius 2 is 1.84 bits per heavy atom. The number of carbonyl (C=O) groups is 1. The lowest BCUT2D eigenvalue weighted by Crippen LogP contribution is -2.41. The van der Waals surface area contributed by atoms with E-state index in [0.29, 0.717) is 31.5 Å². The number of rotatable bonds is 6. The molecule has 5 rings (SSSR count). The molecule has 1 aromatic heterocycles. The SMILES string of the molecule is CCn1c2ccccc2c2cc(CN3CCC[C@H](CCC(=O)N4CCOCC4)C3)ccc21. The van der Waals surface area contributed by atoms with E-state index in [9.17, 15) is 4.79 Å². The fraction of sp³-hybridized carbons (Fsp3) is 0.519. The summed E-state index contributed by atoms with van der Waals surface area (Å²) in [6, 6.07) is 15.8. The van der Waals surface area contributed by atoms with Crippen molar-refractivity contribution in [3.63, 3.8) is 0 Å². The zero-order valence-electron chi connectivity index (χ0n) is 19.3. The summed E-state index contributed by atoms with van der Waals surface area (Å²) in [6.07, 6.45) is 4.17. The topological polar surface area (TPSA) is 37.7 Å². The van der Waals surface area contributed by atoms with Crippen molar-refractivity contribution >= 4 is 27.7 Å². The van der Waals surface area contributed by atoms with Crippen LogP contribution >= 0.6 is 0 Å². The van der Waals surface area contributed by atoms with Gasteiger partial charge in [-0.1, -0.05) is 24.3 Å². The molecule has 3 aromatic rings. The first-order chi connectivity index (χ1) is 15.7. The quantitative estimate of drug-likeness (QED) is 0.567. The molecule has 0 aliphatic carbocycles. The number of hydrogen-bond acceptors (Lipinski definition) is 3. The van der Waals surface area contributed by atoms with Crippen molar-refractivity contribution in [3.8, 4) is 0 Å². The van der Waals surface area contributed by atoms with Crippen LogP contribution in [0, 0.1) is 5.92 Å². The Hall–Kier alpha value is -2.37. The van der Waals surface area contributed by atoms with Crippen molar-refractivity contribution in [1.29, 1.82) is 0 Å². The zero-order valence-corrected chi connectivity index (χ0v) is 19.3. The summed E-state index contributed by atoms with van der Waals surface area (Å²) in [4.78, 5) is 17.1. The largest absolute Gasteiger partial charge is 0.378 e. The Morgan fingerprint density at radius 3 is 2.69 bits per heavy atom. The van der Waals surface area contributed by atoms with Crippen LogP contribution in [-0.2, 0) is 22.6 Å². The molecule has 1 amide bonds. The van der Waals surface area contributed by atoms with Crippen LogP contribution in [0.4, 0.5) is 0 Å². The van der Waals surface area contributed by atoms with E-state index < -0.39 is 0 Å². The number of aromatic nitrogens is 1. The van der Waals surface area contributed by atoms with E-state index in [2.05, 4.69) is 58.9 Å². The van der Waals surface area contributed by atoms with Gasteiger partial charge >= 0.3 is 0 Å². The molecule has 1 atom stereocenters. The summed E-state index contributed by atoms with van der Waals surface area (Å²) in [5.74, 6) is 0.933. The zero-order chi connectivity index (χ0) is 21.9. The molecule has 170 valence electrons. The average molecular weight is 434 g/mol.